The number of H-pyrrole nitrogens is 1. The van der Waals surface area contributed by atoms with Crippen molar-refractivity contribution < 1.29 is 32.6 Å². The average molecular weight is 557 g/mol. The third-order valence-corrected chi connectivity index (χ3v) is 7.86. The van der Waals surface area contributed by atoms with E-state index in [1.807, 2.05) is 28.1 Å². The lowest BCUT2D eigenvalue weighted by atomic mass is 9.89. The second-order valence-electron chi connectivity index (χ2n) is 10.1. The number of benzene rings is 2. The number of nitrogens with zero attached hydrogens (tertiary/aromatic N) is 3. The van der Waals surface area contributed by atoms with Crippen LogP contribution in [0.2, 0.25) is 0 Å². The second-order valence-corrected chi connectivity index (χ2v) is 10.1. The van der Waals surface area contributed by atoms with Gasteiger partial charge in [0.25, 0.3) is 0 Å². The van der Waals surface area contributed by atoms with Crippen LogP contribution in [0.15, 0.2) is 42.6 Å². The van der Waals surface area contributed by atoms with E-state index in [4.69, 9.17) is 4.74 Å². The van der Waals surface area contributed by atoms with E-state index in [1.165, 1.54) is 17.7 Å². The van der Waals surface area contributed by atoms with E-state index in [0.717, 1.165) is 41.6 Å². The number of nitrogens with one attached hydrogen (secondary N) is 1. The Bertz CT molecular complexity index is 1400. The molecule has 0 saturated carbocycles. The topological polar surface area (TPSA) is 89.1 Å². The van der Waals surface area contributed by atoms with E-state index in [1.54, 1.807) is 12.0 Å². The summed E-state index contributed by atoms with van der Waals surface area (Å²) >= 11 is 0. The first-order chi connectivity index (χ1) is 19.3. The number of piperidine rings is 1. The number of aromatic amines is 1. The molecule has 1 amide bonds. The molecule has 2 aromatic carbocycles. The maximum Gasteiger partial charge on any atom is 0.336 e. The maximum atomic E-state index is 13.4. The van der Waals surface area contributed by atoms with Crippen LogP contribution in [-0.4, -0.2) is 89.2 Å². The number of rotatable bonds is 7. The van der Waals surface area contributed by atoms with Gasteiger partial charge in [0, 0.05) is 56.9 Å². The summed E-state index contributed by atoms with van der Waals surface area (Å²) in [7, 11) is 1.64. The number of fused-ring (bicyclic) bond motifs is 1. The van der Waals surface area contributed by atoms with Gasteiger partial charge in [0.2, 0.25) is 5.91 Å². The number of amides is 1. The van der Waals surface area contributed by atoms with E-state index < -0.39 is 29.6 Å². The molecule has 5 rings (SSSR count). The number of carbonyl (C=O) groups is 2. The van der Waals surface area contributed by atoms with Gasteiger partial charge in [0.1, 0.15) is 5.75 Å². The summed E-state index contributed by atoms with van der Waals surface area (Å²) in [6, 6.07) is 7.59. The van der Waals surface area contributed by atoms with Gasteiger partial charge in [-0.3, -0.25) is 14.6 Å². The number of carboxylic acids is 1. The predicted octanol–water partition coefficient (Wildman–Crippen LogP) is 4.04. The molecule has 212 valence electrons. The van der Waals surface area contributed by atoms with E-state index >= 15 is 0 Å². The van der Waals surface area contributed by atoms with Crippen molar-refractivity contribution >= 4 is 28.9 Å². The molecule has 1 atom stereocenters. The number of aliphatic carboxylic acids is 1. The van der Waals surface area contributed by atoms with Crippen molar-refractivity contribution in [2.75, 3.05) is 46.4 Å². The Labute approximate surface area is 229 Å². The standard InChI is InChI=1S/C29H31F3N4O4/c1-40-24-4-2-3-20-21(17-33-27(20)24)19-7-9-35(10-8-19)28(29(38)39)36-13-11-34(12-14-36)25(37)6-5-18-15-22(30)26(32)23(31)16-18/h2-6,15-17,19,28,33H,7-14H2,1H3,(H,38,39)/b6-5+. The molecule has 0 aliphatic carbocycles. The zero-order valence-corrected chi connectivity index (χ0v) is 22.1. The summed E-state index contributed by atoms with van der Waals surface area (Å²) in [6.45, 7) is 2.63. The first-order valence-corrected chi connectivity index (χ1v) is 13.2. The average Bonchev–Trinajstić information content (AvgIpc) is 3.40. The van der Waals surface area contributed by atoms with Gasteiger partial charge in [-0.05, 0) is 54.2 Å². The minimum atomic E-state index is -1.56. The summed E-state index contributed by atoms with van der Waals surface area (Å²) in [4.78, 5) is 33.7. The summed E-state index contributed by atoms with van der Waals surface area (Å²) in [5.41, 5.74) is 2.21. The van der Waals surface area contributed by atoms with Crippen LogP contribution in [-0.2, 0) is 9.59 Å². The smallest absolute Gasteiger partial charge is 0.336 e. The van der Waals surface area contributed by atoms with Gasteiger partial charge < -0.3 is 19.7 Å². The van der Waals surface area contributed by atoms with E-state index in [9.17, 15) is 27.9 Å². The lowest BCUT2D eigenvalue weighted by molar-refractivity contribution is -0.154. The highest BCUT2D eigenvalue weighted by atomic mass is 19.2. The molecule has 1 unspecified atom stereocenters. The van der Waals surface area contributed by atoms with Crippen LogP contribution in [0.5, 0.6) is 5.75 Å². The highest BCUT2D eigenvalue weighted by Gasteiger charge is 2.36. The summed E-state index contributed by atoms with van der Waals surface area (Å²) < 4.78 is 45.5. The molecule has 3 aromatic rings. The molecular formula is C29H31F3N4O4. The normalized spacial score (nSPS) is 18.4. The number of hydrogen-bond acceptors (Lipinski definition) is 5. The van der Waals surface area contributed by atoms with Crippen LogP contribution in [0.25, 0.3) is 17.0 Å². The third-order valence-electron chi connectivity index (χ3n) is 7.86. The number of methoxy groups -OCH3 is 1. The Kier molecular flexibility index (Phi) is 8.13. The number of halogens is 3. The lowest BCUT2D eigenvalue weighted by Gasteiger charge is -2.43. The largest absolute Gasteiger partial charge is 0.495 e. The number of hydrogen-bond donors (Lipinski definition) is 2. The van der Waals surface area contributed by atoms with Crippen molar-refractivity contribution in [3.05, 3.63) is 71.2 Å². The molecule has 40 heavy (non-hydrogen) atoms. The summed E-state index contributed by atoms with van der Waals surface area (Å²) in [5.74, 6) is -4.41. The Morgan fingerprint density at radius 1 is 1.02 bits per heavy atom. The van der Waals surface area contributed by atoms with E-state index in [2.05, 4.69) is 11.1 Å². The minimum Gasteiger partial charge on any atom is -0.495 e. The van der Waals surface area contributed by atoms with Crippen LogP contribution in [0, 0.1) is 17.5 Å². The fraction of sp³-hybridized carbons (Fsp3) is 0.379. The molecule has 3 heterocycles. The number of para-hydroxylation sites is 1. The Hall–Kier alpha value is -3.83. The molecule has 2 N–H and O–H groups in total. The number of carbonyl (C=O) groups excluding carboxylic acids is 1. The third kappa shape index (κ3) is 5.57. The molecule has 0 bridgehead atoms. The highest BCUT2D eigenvalue weighted by Crippen LogP contribution is 2.36. The molecule has 2 aliphatic heterocycles. The monoisotopic (exact) mass is 556 g/mol. The number of aromatic nitrogens is 1. The lowest BCUT2D eigenvalue weighted by Crippen LogP contribution is -2.60. The molecule has 11 heteroatoms. The van der Waals surface area contributed by atoms with Crippen molar-refractivity contribution in [3.8, 4) is 5.75 Å². The Morgan fingerprint density at radius 3 is 2.30 bits per heavy atom. The molecule has 1 aromatic heterocycles. The minimum absolute atomic E-state index is 0.0319. The van der Waals surface area contributed by atoms with Crippen LogP contribution >= 0.6 is 0 Å². The maximum absolute atomic E-state index is 13.4. The zero-order chi connectivity index (χ0) is 28.4. The molecule has 2 aliphatic rings. The predicted molar refractivity (Wildman–Crippen MR) is 143 cm³/mol. The van der Waals surface area contributed by atoms with E-state index in [-0.39, 0.29) is 11.5 Å². The molecule has 0 radical (unpaired) electrons. The van der Waals surface area contributed by atoms with Gasteiger partial charge in [0.05, 0.1) is 12.6 Å². The van der Waals surface area contributed by atoms with Crippen LogP contribution < -0.4 is 4.74 Å². The van der Waals surface area contributed by atoms with Gasteiger partial charge in [0.15, 0.2) is 23.6 Å². The number of likely N-dealkylation sites (tertiary alicyclic amines) is 1. The fourth-order valence-electron chi connectivity index (χ4n) is 5.79. The number of carboxylic acid groups (broad SMARTS) is 1. The zero-order valence-electron chi connectivity index (χ0n) is 22.1. The van der Waals surface area contributed by atoms with Gasteiger partial charge in [-0.15, -0.1) is 0 Å². The number of ether oxygens (including phenoxy) is 1. The van der Waals surface area contributed by atoms with E-state index in [0.29, 0.717) is 45.2 Å². The highest BCUT2D eigenvalue weighted by molar-refractivity contribution is 5.92. The van der Waals surface area contributed by atoms with Crippen molar-refractivity contribution in [1.82, 2.24) is 19.7 Å². The van der Waals surface area contributed by atoms with Crippen molar-refractivity contribution in [2.45, 2.75) is 24.9 Å². The van der Waals surface area contributed by atoms with Crippen LogP contribution in [0.1, 0.15) is 29.9 Å². The van der Waals surface area contributed by atoms with Crippen LogP contribution in [0.3, 0.4) is 0 Å². The van der Waals surface area contributed by atoms with Gasteiger partial charge in [-0.25, -0.2) is 18.0 Å². The number of piperazine rings is 1. The van der Waals surface area contributed by atoms with Crippen LogP contribution in [0.4, 0.5) is 13.2 Å². The van der Waals surface area contributed by atoms with Gasteiger partial charge >= 0.3 is 5.97 Å². The first-order valence-electron chi connectivity index (χ1n) is 13.2. The molecule has 2 fully saturated rings. The Morgan fingerprint density at radius 2 is 1.68 bits per heavy atom. The van der Waals surface area contributed by atoms with Gasteiger partial charge in [-0.1, -0.05) is 12.1 Å². The fourth-order valence-corrected chi connectivity index (χ4v) is 5.79. The summed E-state index contributed by atoms with van der Waals surface area (Å²) in [5, 5.41) is 11.2. The summed E-state index contributed by atoms with van der Waals surface area (Å²) in [6.07, 6.45) is 5.29. The molecule has 0 spiro atoms. The molecular weight excluding hydrogens is 525 g/mol. The van der Waals surface area contributed by atoms with Crippen molar-refractivity contribution in [2.24, 2.45) is 0 Å². The second kappa shape index (κ2) is 11.7. The quantitative estimate of drug-likeness (QED) is 0.337. The SMILES string of the molecule is COc1cccc2c(C3CCN(C(C(=O)O)N4CCN(C(=O)/C=C/c5cc(F)c(F)c(F)c5)CC4)CC3)c[nH]c12. The van der Waals surface area contributed by atoms with Crippen molar-refractivity contribution in [1.29, 1.82) is 0 Å². The van der Waals surface area contributed by atoms with Gasteiger partial charge in [-0.2, -0.15) is 0 Å². The Balaban J connectivity index is 1.18. The van der Waals surface area contributed by atoms with Crippen molar-refractivity contribution in [3.63, 3.8) is 0 Å². The molecule has 2 saturated heterocycles. The first kappa shape index (κ1) is 27.7. The molecule has 8 nitrogen and oxygen atoms in total.